The third-order valence-electron chi connectivity index (χ3n) is 3.00. The molecule has 3 heteroatoms. The highest BCUT2D eigenvalue weighted by molar-refractivity contribution is 5.49. The molecule has 0 aliphatic carbocycles. The maximum atomic E-state index is 9.99. The highest BCUT2D eigenvalue weighted by atomic mass is 16.5. The van der Waals surface area contributed by atoms with Crippen LogP contribution in [-0.4, -0.2) is 10.1 Å². The molecule has 2 rings (SSSR count). The average molecular weight is 243 g/mol. The molecule has 94 valence electrons. The van der Waals surface area contributed by atoms with Gasteiger partial charge in [0.2, 0.25) is 0 Å². The zero-order valence-corrected chi connectivity index (χ0v) is 10.9. The molecule has 0 radical (unpaired) electrons. The molecule has 3 nitrogen and oxygen atoms in total. The zero-order chi connectivity index (χ0) is 13.1. The normalized spacial score (nSPS) is 10.4. The quantitative estimate of drug-likeness (QED) is 0.899. The van der Waals surface area contributed by atoms with Gasteiger partial charge in [-0.25, -0.2) is 0 Å². The molecule has 18 heavy (non-hydrogen) atoms. The molecule has 1 heterocycles. The molecule has 0 bridgehead atoms. The standard InChI is InChI=1S/C15H17NO2/c1-10-11(2)16-12(3)14(17)15(10)18-9-13-7-5-4-6-8-13/h4-8,17H,9H2,1-3H3. The van der Waals surface area contributed by atoms with Crippen molar-refractivity contribution in [1.29, 1.82) is 0 Å². The van der Waals surface area contributed by atoms with E-state index in [9.17, 15) is 5.11 Å². The van der Waals surface area contributed by atoms with Gasteiger partial charge in [0.05, 0.1) is 5.69 Å². The van der Waals surface area contributed by atoms with Gasteiger partial charge in [-0.05, 0) is 26.3 Å². The van der Waals surface area contributed by atoms with Crippen molar-refractivity contribution < 1.29 is 9.84 Å². The number of rotatable bonds is 3. The van der Waals surface area contributed by atoms with E-state index in [-0.39, 0.29) is 5.75 Å². The van der Waals surface area contributed by atoms with E-state index in [1.54, 1.807) is 6.92 Å². The molecule has 0 saturated heterocycles. The molecule has 0 spiro atoms. The predicted octanol–water partition coefficient (Wildman–Crippen LogP) is 3.29. The summed E-state index contributed by atoms with van der Waals surface area (Å²) in [6.07, 6.45) is 0. The van der Waals surface area contributed by atoms with Crippen molar-refractivity contribution in [3.8, 4) is 11.5 Å². The maximum Gasteiger partial charge on any atom is 0.179 e. The number of ether oxygens (including phenoxy) is 1. The first-order valence-corrected chi connectivity index (χ1v) is 5.93. The Labute approximate surface area is 107 Å². The minimum absolute atomic E-state index is 0.133. The number of hydrogen-bond acceptors (Lipinski definition) is 3. The predicted molar refractivity (Wildman–Crippen MR) is 70.9 cm³/mol. The minimum Gasteiger partial charge on any atom is -0.503 e. The Bertz CT molecular complexity index is 524. The summed E-state index contributed by atoms with van der Waals surface area (Å²) in [4.78, 5) is 4.26. The van der Waals surface area contributed by atoms with Crippen molar-refractivity contribution in [1.82, 2.24) is 4.98 Å². The van der Waals surface area contributed by atoms with Gasteiger partial charge in [-0.15, -0.1) is 0 Å². The number of aromatic hydroxyl groups is 1. The van der Waals surface area contributed by atoms with E-state index in [0.29, 0.717) is 18.1 Å². The zero-order valence-electron chi connectivity index (χ0n) is 10.9. The van der Waals surface area contributed by atoms with Crippen LogP contribution in [-0.2, 0) is 6.61 Å². The van der Waals surface area contributed by atoms with Gasteiger partial charge in [0, 0.05) is 11.3 Å². The van der Waals surface area contributed by atoms with Crippen LogP contribution in [0.5, 0.6) is 11.5 Å². The van der Waals surface area contributed by atoms with Gasteiger partial charge in [-0.3, -0.25) is 4.98 Å². The summed E-state index contributed by atoms with van der Waals surface area (Å²) in [5.41, 5.74) is 3.44. The van der Waals surface area contributed by atoms with Gasteiger partial charge in [0.25, 0.3) is 0 Å². The average Bonchev–Trinajstić information content (AvgIpc) is 2.38. The van der Waals surface area contributed by atoms with Crippen molar-refractivity contribution >= 4 is 0 Å². The summed E-state index contributed by atoms with van der Waals surface area (Å²) >= 11 is 0. The lowest BCUT2D eigenvalue weighted by molar-refractivity contribution is 0.285. The molecule has 1 aromatic carbocycles. The van der Waals surface area contributed by atoms with Crippen LogP contribution < -0.4 is 4.74 Å². The summed E-state index contributed by atoms with van der Waals surface area (Å²) in [6, 6.07) is 9.89. The summed E-state index contributed by atoms with van der Waals surface area (Å²) < 4.78 is 5.73. The second kappa shape index (κ2) is 5.08. The summed E-state index contributed by atoms with van der Waals surface area (Å²) in [7, 11) is 0. The van der Waals surface area contributed by atoms with Gasteiger partial charge in [0.1, 0.15) is 6.61 Å². The second-order valence-electron chi connectivity index (χ2n) is 4.36. The van der Waals surface area contributed by atoms with Crippen molar-refractivity contribution in [3.63, 3.8) is 0 Å². The van der Waals surface area contributed by atoms with E-state index in [4.69, 9.17) is 4.74 Å². The Balaban J connectivity index is 2.24. The molecule has 0 aliphatic heterocycles. The van der Waals surface area contributed by atoms with E-state index in [2.05, 4.69) is 4.98 Å². The fourth-order valence-corrected chi connectivity index (χ4v) is 1.80. The Morgan fingerprint density at radius 3 is 2.39 bits per heavy atom. The Kier molecular flexibility index (Phi) is 3.51. The molecular formula is C15H17NO2. The lowest BCUT2D eigenvalue weighted by atomic mass is 10.1. The van der Waals surface area contributed by atoms with Crippen molar-refractivity contribution in [2.75, 3.05) is 0 Å². The van der Waals surface area contributed by atoms with Crippen LogP contribution in [0.25, 0.3) is 0 Å². The molecule has 0 saturated carbocycles. The molecule has 1 aromatic heterocycles. The molecule has 0 atom stereocenters. The first-order chi connectivity index (χ1) is 8.59. The van der Waals surface area contributed by atoms with Crippen LogP contribution in [0.1, 0.15) is 22.5 Å². The highest BCUT2D eigenvalue weighted by Crippen LogP contribution is 2.33. The topological polar surface area (TPSA) is 42.4 Å². The number of pyridine rings is 1. The van der Waals surface area contributed by atoms with Crippen LogP contribution in [0.4, 0.5) is 0 Å². The molecule has 1 N–H and O–H groups in total. The monoisotopic (exact) mass is 243 g/mol. The summed E-state index contributed by atoms with van der Waals surface area (Å²) in [5, 5.41) is 9.99. The minimum atomic E-state index is 0.133. The van der Waals surface area contributed by atoms with Crippen molar-refractivity contribution in [2.24, 2.45) is 0 Å². The Hall–Kier alpha value is -2.03. The molecule has 0 unspecified atom stereocenters. The fourth-order valence-electron chi connectivity index (χ4n) is 1.80. The van der Waals surface area contributed by atoms with Gasteiger partial charge in [-0.1, -0.05) is 30.3 Å². The van der Waals surface area contributed by atoms with Crippen LogP contribution in [0.3, 0.4) is 0 Å². The third kappa shape index (κ3) is 2.45. The molecule has 0 amide bonds. The number of aromatic nitrogens is 1. The second-order valence-corrected chi connectivity index (χ2v) is 4.36. The van der Waals surface area contributed by atoms with E-state index >= 15 is 0 Å². The fraction of sp³-hybridized carbons (Fsp3) is 0.267. The van der Waals surface area contributed by atoms with Crippen LogP contribution >= 0.6 is 0 Å². The van der Waals surface area contributed by atoms with Gasteiger partial charge < -0.3 is 9.84 Å². The van der Waals surface area contributed by atoms with E-state index < -0.39 is 0 Å². The van der Waals surface area contributed by atoms with Crippen LogP contribution in [0.2, 0.25) is 0 Å². The Morgan fingerprint density at radius 1 is 1.06 bits per heavy atom. The smallest absolute Gasteiger partial charge is 0.179 e. The third-order valence-corrected chi connectivity index (χ3v) is 3.00. The van der Waals surface area contributed by atoms with Crippen LogP contribution in [0.15, 0.2) is 30.3 Å². The summed E-state index contributed by atoms with van der Waals surface area (Å²) in [5.74, 6) is 0.665. The molecular weight excluding hydrogens is 226 g/mol. The van der Waals surface area contributed by atoms with E-state index in [1.165, 1.54) is 0 Å². The first-order valence-electron chi connectivity index (χ1n) is 5.93. The maximum absolute atomic E-state index is 9.99. The van der Waals surface area contributed by atoms with E-state index in [1.807, 2.05) is 44.2 Å². The van der Waals surface area contributed by atoms with Crippen molar-refractivity contribution in [2.45, 2.75) is 27.4 Å². The highest BCUT2D eigenvalue weighted by Gasteiger charge is 2.13. The van der Waals surface area contributed by atoms with Gasteiger partial charge >= 0.3 is 0 Å². The van der Waals surface area contributed by atoms with Gasteiger partial charge in [0.15, 0.2) is 11.5 Å². The molecule has 0 fully saturated rings. The SMILES string of the molecule is Cc1nc(C)c(O)c(OCc2ccccc2)c1C. The first kappa shape index (κ1) is 12.4. The largest absolute Gasteiger partial charge is 0.503 e. The summed E-state index contributed by atoms with van der Waals surface area (Å²) in [6.45, 7) is 6.04. The number of nitrogens with zero attached hydrogens (tertiary/aromatic N) is 1. The van der Waals surface area contributed by atoms with E-state index in [0.717, 1.165) is 16.8 Å². The molecule has 2 aromatic rings. The van der Waals surface area contributed by atoms with Crippen LogP contribution in [0, 0.1) is 20.8 Å². The Morgan fingerprint density at radius 2 is 1.72 bits per heavy atom. The number of hydrogen-bond donors (Lipinski definition) is 1. The lowest BCUT2D eigenvalue weighted by Crippen LogP contribution is -2.01. The number of benzene rings is 1. The lowest BCUT2D eigenvalue weighted by Gasteiger charge is -2.14. The number of aryl methyl sites for hydroxylation is 2. The molecule has 0 aliphatic rings. The van der Waals surface area contributed by atoms with Crippen molar-refractivity contribution in [3.05, 3.63) is 52.8 Å². The van der Waals surface area contributed by atoms with Gasteiger partial charge in [-0.2, -0.15) is 0 Å².